The Kier molecular flexibility index (Phi) is 2.97. The van der Waals surface area contributed by atoms with Crippen LogP contribution in [0.5, 0.6) is 0 Å². The predicted molar refractivity (Wildman–Crippen MR) is 92.0 cm³/mol. The zero-order valence-electron chi connectivity index (χ0n) is 16.9. The molecule has 2 spiro atoms. The summed E-state index contributed by atoms with van der Waals surface area (Å²) >= 11 is 0. The molecule has 3 N–H and O–H groups in total. The molecule has 4 saturated heterocycles. The molecular formula is C20H24O10. The Morgan fingerprint density at radius 3 is 2.33 bits per heavy atom. The van der Waals surface area contributed by atoms with E-state index in [4.69, 9.17) is 18.9 Å². The molecule has 4 aliphatic heterocycles. The summed E-state index contributed by atoms with van der Waals surface area (Å²) in [5.74, 6) is -4.32. The second kappa shape index (κ2) is 4.69. The second-order valence-electron chi connectivity index (χ2n) is 10.7. The highest BCUT2D eigenvalue weighted by Crippen LogP contribution is 2.84. The lowest BCUT2D eigenvalue weighted by atomic mass is 9.51. The smallest absolute Gasteiger partial charge is 0.343 e. The third-order valence-electron chi connectivity index (χ3n) is 9.00. The summed E-state index contributed by atoms with van der Waals surface area (Å²) in [6, 6.07) is 0. The molecule has 6 aliphatic rings. The third kappa shape index (κ3) is 1.33. The normalized spacial score (nSPS) is 60.1. The van der Waals surface area contributed by atoms with Gasteiger partial charge in [0.05, 0.1) is 16.7 Å². The molecule has 6 fully saturated rings. The lowest BCUT2D eigenvalue weighted by Crippen LogP contribution is -2.67. The Hall–Kier alpha value is -1.75. The van der Waals surface area contributed by atoms with Crippen molar-refractivity contribution in [2.45, 2.75) is 76.0 Å². The third-order valence-corrected chi connectivity index (χ3v) is 9.00. The molecule has 0 bridgehead atoms. The van der Waals surface area contributed by atoms with Crippen molar-refractivity contribution >= 4 is 17.9 Å². The van der Waals surface area contributed by atoms with Crippen molar-refractivity contribution in [2.24, 2.45) is 28.1 Å². The monoisotopic (exact) mass is 424 g/mol. The summed E-state index contributed by atoms with van der Waals surface area (Å²) in [4.78, 5) is 38.2. The van der Waals surface area contributed by atoms with Crippen LogP contribution in [0.3, 0.4) is 0 Å². The first-order valence-corrected chi connectivity index (χ1v) is 10.2. The van der Waals surface area contributed by atoms with Gasteiger partial charge in [-0.3, -0.25) is 4.79 Å². The van der Waals surface area contributed by atoms with Crippen LogP contribution >= 0.6 is 0 Å². The molecule has 30 heavy (non-hydrogen) atoms. The average Bonchev–Trinajstić information content (AvgIpc) is 3.35. The highest BCUT2D eigenvalue weighted by molar-refractivity contribution is 5.94. The van der Waals surface area contributed by atoms with E-state index in [2.05, 4.69) is 0 Å². The van der Waals surface area contributed by atoms with E-state index in [9.17, 15) is 29.7 Å². The van der Waals surface area contributed by atoms with Gasteiger partial charge < -0.3 is 34.3 Å². The number of rotatable bonds is 0. The molecule has 10 nitrogen and oxygen atoms in total. The van der Waals surface area contributed by atoms with E-state index in [0.29, 0.717) is 0 Å². The Balaban J connectivity index is 1.72. The number of esters is 3. The number of aliphatic hydroxyl groups excluding tert-OH is 2. The molecule has 2 unspecified atom stereocenters. The van der Waals surface area contributed by atoms with E-state index >= 15 is 0 Å². The standard InChI is InChI=1S/C20H24O10/c1-6-12(23)28-11-9(21)18-8-5-7(16(2,3)4)17(18)10(22)13(24)29-15(17)30-20(18,14(25)27-8)19(6,11)26/h6-11,15,21-22,26H,5H2,1-4H3/t6-,7-,8-,9+,10+,11-,15-,17?,18?,19+,20-/m0/s1. The molecule has 11 atom stereocenters. The Morgan fingerprint density at radius 2 is 1.70 bits per heavy atom. The van der Waals surface area contributed by atoms with Crippen molar-refractivity contribution in [2.75, 3.05) is 0 Å². The van der Waals surface area contributed by atoms with Crippen molar-refractivity contribution in [1.82, 2.24) is 0 Å². The van der Waals surface area contributed by atoms with Gasteiger partial charge in [0.15, 0.2) is 17.8 Å². The number of ether oxygens (including phenoxy) is 4. The van der Waals surface area contributed by atoms with E-state index in [1.807, 2.05) is 20.8 Å². The van der Waals surface area contributed by atoms with Gasteiger partial charge in [0.25, 0.3) is 0 Å². The summed E-state index contributed by atoms with van der Waals surface area (Å²) in [5, 5.41) is 34.7. The van der Waals surface area contributed by atoms with Crippen molar-refractivity contribution in [1.29, 1.82) is 0 Å². The van der Waals surface area contributed by atoms with E-state index in [1.54, 1.807) is 0 Å². The summed E-state index contributed by atoms with van der Waals surface area (Å²) in [6.07, 6.45) is -6.91. The van der Waals surface area contributed by atoms with Crippen LogP contribution in [0, 0.1) is 28.1 Å². The van der Waals surface area contributed by atoms with Gasteiger partial charge in [-0.05, 0) is 24.7 Å². The quantitative estimate of drug-likeness (QED) is 0.314. The van der Waals surface area contributed by atoms with E-state index in [-0.39, 0.29) is 6.42 Å². The zero-order chi connectivity index (χ0) is 21.8. The lowest BCUT2D eigenvalue weighted by Gasteiger charge is -2.47. The number of carbonyl (C=O) groups is 3. The first kappa shape index (κ1) is 19.0. The molecule has 0 radical (unpaired) electrons. The number of fused-ring (bicyclic) bond motifs is 1. The maximum Gasteiger partial charge on any atom is 0.343 e. The van der Waals surface area contributed by atoms with Crippen LogP contribution in [0.25, 0.3) is 0 Å². The second-order valence-corrected chi connectivity index (χ2v) is 10.7. The number of hydrogen-bond acceptors (Lipinski definition) is 10. The molecule has 4 heterocycles. The van der Waals surface area contributed by atoms with Crippen molar-refractivity contribution in [3.05, 3.63) is 0 Å². The molecule has 0 amide bonds. The van der Waals surface area contributed by atoms with Crippen molar-refractivity contribution in [3.63, 3.8) is 0 Å². The number of carbonyl (C=O) groups excluding carboxylic acids is 3. The summed E-state index contributed by atoms with van der Waals surface area (Å²) in [6.45, 7) is 7.14. The van der Waals surface area contributed by atoms with Crippen molar-refractivity contribution < 1.29 is 48.7 Å². The summed E-state index contributed by atoms with van der Waals surface area (Å²) in [5.41, 5.74) is -8.26. The molecule has 0 aromatic carbocycles. The molecular weight excluding hydrogens is 400 g/mol. The minimum atomic E-state index is -2.24. The predicted octanol–water partition coefficient (Wildman–Crippen LogP) is -1.37. The molecule has 6 rings (SSSR count). The first-order chi connectivity index (χ1) is 13.8. The number of aliphatic hydroxyl groups is 3. The molecule has 2 aliphatic carbocycles. The van der Waals surface area contributed by atoms with Gasteiger partial charge >= 0.3 is 17.9 Å². The fourth-order valence-corrected chi connectivity index (χ4v) is 8.12. The minimum Gasteiger partial charge on any atom is -0.459 e. The summed E-state index contributed by atoms with van der Waals surface area (Å²) < 4.78 is 22.5. The van der Waals surface area contributed by atoms with Gasteiger partial charge in [-0.25, -0.2) is 9.59 Å². The zero-order valence-corrected chi connectivity index (χ0v) is 16.9. The largest absolute Gasteiger partial charge is 0.459 e. The van der Waals surface area contributed by atoms with Crippen LogP contribution in [-0.4, -0.2) is 75.1 Å². The molecule has 0 aromatic rings. The minimum absolute atomic E-state index is 0.229. The number of hydrogen-bond donors (Lipinski definition) is 3. The van der Waals surface area contributed by atoms with Crippen LogP contribution in [-0.2, 0) is 33.3 Å². The van der Waals surface area contributed by atoms with Crippen LogP contribution in [0.1, 0.15) is 34.1 Å². The topological polar surface area (TPSA) is 149 Å². The van der Waals surface area contributed by atoms with Crippen LogP contribution in [0.2, 0.25) is 0 Å². The van der Waals surface area contributed by atoms with Gasteiger partial charge in [0.2, 0.25) is 11.9 Å². The highest BCUT2D eigenvalue weighted by Gasteiger charge is 3.03. The van der Waals surface area contributed by atoms with Gasteiger partial charge in [-0.15, -0.1) is 0 Å². The Morgan fingerprint density at radius 1 is 1.03 bits per heavy atom. The fraction of sp³-hybridized carbons (Fsp3) is 0.850. The fourth-order valence-electron chi connectivity index (χ4n) is 8.12. The molecule has 10 heteroatoms. The first-order valence-electron chi connectivity index (χ1n) is 10.2. The van der Waals surface area contributed by atoms with Crippen molar-refractivity contribution in [3.8, 4) is 0 Å². The van der Waals surface area contributed by atoms with Gasteiger partial charge in [-0.2, -0.15) is 0 Å². The van der Waals surface area contributed by atoms with E-state index in [1.165, 1.54) is 6.92 Å². The van der Waals surface area contributed by atoms with Crippen LogP contribution in [0.15, 0.2) is 0 Å². The van der Waals surface area contributed by atoms with Gasteiger partial charge in [-0.1, -0.05) is 20.8 Å². The maximum atomic E-state index is 13.4. The highest BCUT2D eigenvalue weighted by atomic mass is 16.8. The van der Waals surface area contributed by atoms with Crippen LogP contribution < -0.4 is 0 Å². The van der Waals surface area contributed by atoms with E-state index in [0.717, 1.165) is 0 Å². The van der Waals surface area contributed by atoms with Gasteiger partial charge in [0.1, 0.15) is 12.2 Å². The lowest BCUT2D eigenvalue weighted by molar-refractivity contribution is -0.239. The Labute approximate surface area is 171 Å². The Bertz CT molecular complexity index is 925. The molecule has 0 aromatic heterocycles. The SMILES string of the molecule is C[C@H]1C(=O)O[C@H]2[C@@H](O)C34[C@@H]5C[C@@H](C(C)(C)C)C36[C@@H](OC(=O)[C@H]6O)O[C@]4(C(=O)O5)[C@@]12O. The molecule has 2 saturated carbocycles. The summed E-state index contributed by atoms with van der Waals surface area (Å²) in [7, 11) is 0. The van der Waals surface area contributed by atoms with E-state index < -0.39 is 87.9 Å². The molecule has 164 valence electrons. The average molecular weight is 424 g/mol. The van der Waals surface area contributed by atoms with Gasteiger partial charge in [0, 0.05) is 0 Å². The maximum absolute atomic E-state index is 13.4. The van der Waals surface area contributed by atoms with Crippen LogP contribution in [0.4, 0.5) is 0 Å².